The molecule has 84 heavy (non-hydrogen) atoms. The number of aliphatic hydroxyl groups is 11. The minimum atomic E-state index is -1.98. The molecule has 0 aromatic rings. The molecule has 17 atom stereocenters. The monoisotopic (exact) mass is 1190 g/mol. The Morgan fingerprint density at radius 3 is 1.29 bits per heavy atom. The van der Waals surface area contributed by atoms with Gasteiger partial charge in [0.1, 0.15) is 73.2 Å². The number of ether oxygens (including phenoxy) is 6. The molecular weight excluding hydrogens is 1080 g/mol. The van der Waals surface area contributed by atoms with Crippen molar-refractivity contribution in [3.8, 4) is 0 Å². The molecule has 1 amide bonds. The van der Waals surface area contributed by atoms with Crippen molar-refractivity contribution in [2.45, 2.75) is 291 Å². The molecule has 17 unspecified atom stereocenters. The third-order valence-electron chi connectivity index (χ3n) is 15.5. The summed E-state index contributed by atoms with van der Waals surface area (Å²) in [5.74, 6) is -0.267. The van der Waals surface area contributed by atoms with Gasteiger partial charge in [-0.25, -0.2) is 0 Å². The van der Waals surface area contributed by atoms with Gasteiger partial charge in [0.05, 0.1) is 38.6 Å². The highest BCUT2D eigenvalue weighted by Crippen LogP contribution is 2.33. The van der Waals surface area contributed by atoms with Crippen LogP contribution in [-0.4, -0.2) is 193 Å². The average molecular weight is 1190 g/mol. The smallest absolute Gasteiger partial charge is 0.220 e. The van der Waals surface area contributed by atoms with Crippen LogP contribution in [0.2, 0.25) is 0 Å². The molecule has 12 N–H and O–H groups in total. The first-order chi connectivity index (χ1) is 40.8. The summed E-state index contributed by atoms with van der Waals surface area (Å²) in [5.41, 5.74) is 0. The van der Waals surface area contributed by atoms with Crippen molar-refractivity contribution in [2.75, 3.05) is 26.4 Å². The van der Waals surface area contributed by atoms with Crippen molar-refractivity contribution < 1.29 is 89.4 Å². The van der Waals surface area contributed by atoms with Gasteiger partial charge in [-0.3, -0.25) is 4.79 Å². The number of aliphatic hydroxyl groups excluding tert-OH is 11. The molecule has 0 aromatic carbocycles. The summed E-state index contributed by atoms with van der Waals surface area (Å²) in [5, 5.41) is 120. The Morgan fingerprint density at radius 1 is 0.440 bits per heavy atom. The van der Waals surface area contributed by atoms with E-state index in [2.05, 4.69) is 104 Å². The standard InChI is InChI=1S/C65H111NO18/c1-3-5-7-9-11-13-15-17-18-19-20-21-22-23-24-25-26-27-28-29-30-31-33-35-37-39-41-43-53(71)66-48(49(70)42-40-38-36-34-32-16-14-12-10-8-6-4-2)47-79-63-59(77)56(74)61(51(45-68)81-63)84-65-60(78)57(75)62(52(46-69)82-65)83-64-58(76)55(73)54(72)50(44-67)80-64/h5,7,11,13,17-18,20-21,23-24,26-27,29-30,48-52,54-65,67-70,72-78H,3-4,6,8-10,12,14-16,19,22,25,28,31-47H2,1-2H3,(H,66,71)/b7-5-,13-11-,18-17-,21-20-,24-23-,27-26-,30-29-. The van der Waals surface area contributed by atoms with Crippen molar-refractivity contribution in [2.24, 2.45) is 0 Å². The van der Waals surface area contributed by atoms with Gasteiger partial charge in [0, 0.05) is 6.42 Å². The van der Waals surface area contributed by atoms with E-state index < -0.39 is 124 Å². The van der Waals surface area contributed by atoms with E-state index in [1.807, 2.05) is 0 Å². The number of allylic oxidation sites excluding steroid dienone is 14. The molecule has 3 heterocycles. The molecule has 484 valence electrons. The zero-order chi connectivity index (χ0) is 61.2. The third kappa shape index (κ3) is 29.8. The molecule has 0 bridgehead atoms. The van der Waals surface area contributed by atoms with Crippen LogP contribution in [0, 0.1) is 0 Å². The van der Waals surface area contributed by atoms with Crippen LogP contribution >= 0.6 is 0 Å². The number of hydrogen-bond donors (Lipinski definition) is 12. The predicted molar refractivity (Wildman–Crippen MR) is 323 cm³/mol. The van der Waals surface area contributed by atoms with Gasteiger partial charge < -0.3 is 89.9 Å². The van der Waals surface area contributed by atoms with Crippen LogP contribution in [0.25, 0.3) is 0 Å². The molecule has 3 aliphatic rings. The number of nitrogens with one attached hydrogen (secondary N) is 1. The lowest BCUT2D eigenvalue weighted by molar-refractivity contribution is -0.379. The molecular formula is C65H111NO18. The molecule has 3 saturated heterocycles. The number of carbonyl (C=O) groups excluding carboxylic acids is 1. The lowest BCUT2D eigenvalue weighted by atomic mass is 9.96. The fourth-order valence-electron chi connectivity index (χ4n) is 10.3. The van der Waals surface area contributed by atoms with Crippen molar-refractivity contribution in [1.29, 1.82) is 0 Å². The van der Waals surface area contributed by atoms with E-state index in [0.29, 0.717) is 12.8 Å². The highest BCUT2D eigenvalue weighted by atomic mass is 16.8. The van der Waals surface area contributed by atoms with E-state index in [1.54, 1.807) is 0 Å². The molecule has 3 fully saturated rings. The molecule has 3 rings (SSSR count). The molecule has 3 aliphatic heterocycles. The Hall–Kier alpha value is -3.03. The first-order valence-electron chi connectivity index (χ1n) is 31.8. The first-order valence-corrected chi connectivity index (χ1v) is 31.8. The molecule has 19 heteroatoms. The quantitative estimate of drug-likeness (QED) is 0.0221. The van der Waals surface area contributed by atoms with Gasteiger partial charge in [-0.2, -0.15) is 0 Å². The fraction of sp³-hybridized carbons (Fsp3) is 0.769. The van der Waals surface area contributed by atoms with Crippen LogP contribution < -0.4 is 5.32 Å². The Balaban J connectivity index is 1.44. The maximum Gasteiger partial charge on any atom is 0.220 e. The van der Waals surface area contributed by atoms with E-state index in [0.717, 1.165) is 103 Å². The number of carbonyl (C=O) groups is 1. The highest BCUT2D eigenvalue weighted by molar-refractivity contribution is 5.76. The molecule has 0 spiro atoms. The van der Waals surface area contributed by atoms with Gasteiger partial charge in [0.25, 0.3) is 0 Å². The zero-order valence-electron chi connectivity index (χ0n) is 50.6. The zero-order valence-corrected chi connectivity index (χ0v) is 50.6. The van der Waals surface area contributed by atoms with Gasteiger partial charge in [0.15, 0.2) is 18.9 Å². The molecule has 0 aliphatic carbocycles. The summed E-state index contributed by atoms with van der Waals surface area (Å²) in [6.45, 7) is 1.63. The lowest BCUT2D eigenvalue weighted by Gasteiger charge is -2.48. The summed E-state index contributed by atoms with van der Waals surface area (Å²) in [6.07, 6.45) is 30.9. The molecule has 19 nitrogen and oxygen atoms in total. The number of hydrogen-bond acceptors (Lipinski definition) is 18. The number of unbranched alkanes of at least 4 members (excludes halogenated alkanes) is 16. The molecule has 0 saturated carbocycles. The second kappa shape index (κ2) is 47.0. The molecule has 0 aromatic heterocycles. The summed E-state index contributed by atoms with van der Waals surface area (Å²) in [7, 11) is 0. The summed E-state index contributed by atoms with van der Waals surface area (Å²) in [6, 6.07) is -0.903. The first kappa shape index (κ1) is 75.2. The van der Waals surface area contributed by atoms with Crippen molar-refractivity contribution in [1.82, 2.24) is 5.32 Å². The Kier molecular flexibility index (Phi) is 42.1. The fourth-order valence-corrected chi connectivity index (χ4v) is 10.3. The van der Waals surface area contributed by atoms with Crippen LogP contribution in [0.15, 0.2) is 85.1 Å². The summed E-state index contributed by atoms with van der Waals surface area (Å²) >= 11 is 0. The average Bonchev–Trinajstić information content (AvgIpc) is 2.98. The van der Waals surface area contributed by atoms with Crippen LogP contribution in [-0.2, 0) is 33.2 Å². The SMILES string of the molecule is CC/C=C\C/C=C\C/C=C\C/C=C\C/C=C\C/C=C\C/C=C\CCCCCCCC(=O)NC(COC1OC(CO)C(OC2OC(CO)C(OC3OC(CO)C(O)C(O)C3O)C(O)C2O)C(O)C1O)C(O)CCCCCCCCCCCCCC. The minimum Gasteiger partial charge on any atom is -0.394 e. The van der Waals surface area contributed by atoms with Crippen LogP contribution in [0.3, 0.4) is 0 Å². The topological polar surface area (TPSA) is 307 Å². The third-order valence-corrected chi connectivity index (χ3v) is 15.5. The maximum absolute atomic E-state index is 13.4. The summed E-state index contributed by atoms with van der Waals surface area (Å²) < 4.78 is 34.3. The Morgan fingerprint density at radius 2 is 0.821 bits per heavy atom. The normalized spacial score (nSPS) is 29.8. The van der Waals surface area contributed by atoms with Gasteiger partial charge >= 0.3 is 0 Å². The lowest BCUT2D eigenvalue weighted by Crippen LogP contribution is -2.66. The van der Waals surface area contributed by atoms with E-state index in [9.17, 15) is 61.0 Å². The van der Waals surface area contributed by atoms with Gasteiger partial charge in [-0.15, -0.1) is 0 Å². The van der Waals surface area contributed by atoms with E-state index in [-0.39, 0.29) is 18.9 Å². The van der Waals surface area contributed by atoms with Crippen LogP contribution in [0.4, 0.5) is 0 Å². The largest absolute Gasteiger partial charge is 0.394 e. The van der Waals surface area contributed by atoms with Crippen molar-refractivity contribution in [3.63, 3.8) is 0 Å². The highest BCUT2D eigenvalue weighted by Gasteiger charge is 2.53. The molecule has 0 radical (unpaired) electrons. The van der Waals surface area contributed by atoms with Gasteiger partial charge in [-0.1, -0.05) is 195 Å². The second-order valence-electron chi connectivity index (χ2n) is 22.5. The Bertz CT molecular complexity index is 1860. The van der Waals surface area contributed by atoms with E-state index in [4.69, 9.17) is 28.4 Å². The number of amides is 1. The summed E-state index contributed by atoms with van der Waals surface area (Å²) in [4.78, 5) is 13.4. The Labute approximate surface area is 501 Å². The van der Waals surface area contributed by atoms with E-state index in [1.165, 1.54) is 51.4 Å². The van der Waals surface area contributed by atoms with Crippen LogP contribution in [0.1, 0.15) is 187 Å². The van der Waals surface area contributed by atoms with Crippen LogP contribution in [0.5, 0.6) is 0 Å². The maximum atomic E-state index is 13.4. The van der Waals surface area contributed by atoms with Crippen molar-refractivity contribution >= 4 is 5.91 Å². The number of rotatable bonds is 46. The van der Waals surface area contributed by atoms with E-state index >= 15 is 0 Å². The second-order valence-corrected chi connectivity index (χ2v) is 22.5. The van der Waals surface area contributed by atoms with Gasteiger partial charge in [-0.05, 0) is 70.6 Å². The minimum absolute atomic E-state index is 0.238. The van der Waals surface area contributed by atoms with Crippen molar-refractivity contribution in [3.05, 3.63) is 85.1 Å². The van der Waals surface area contributed by atoms with Gasteiger partial charge in [0.2, 0.25) is 5.91 Å². The predicted octanol–water partition coefficient (Wildman–Crippen LogP) is 6.76.